The van der Waals surface area contributed by atoms with E-state index in [0.29, 0.717) is 0 Å². The summed E-state index contributed by atoms with van der Waals surface area (Å²) in [5, 5.41) is 0. The van der Waals surface area contributed by atoms with E-state index in [9.17, 15) is 13.0 Å². The van der Waals surface area contributed by atoms with Crippen molar-refractivity contribution < 1.29 is 21.3 Å². The Balaban J connectivity index is 2.62. The standard InChI is InChI=1S/C2H4F2NO3PS/c3-9(4,6)5-10-7-1-2-8-10/h1-2H2. The Labute approximate surface area is 58.7 Å². The lowest BCUT2D eigenvalue weighted by Gasteiger charge is -1.92. The first-order valence-corrected chi connectivity index (χ1v) is 4.79. The molecule has 0 N–H and O–H groups in total. The van der Waals surface area contributed by atoms with E-state index in [1.54, 1.807) is 0 Å². The summed E-state index contributed by atoms with van der Waals surface area (Å²) in [5.41, 5.74) is 0. The van der Waals surface area contributed by atoms with Gasteiger partial charge < -0.3 is 0 Å². The van der Waals surface area contributed by atoms with Crippen LogP contribution >= 0.6 is 7.91 Å². The van der Waals surface area contributed by atoms with Gasteiger partial charge in [-0.2, -0.15) is 0 Å². The maximum Gasteiger partial charge on any atom is 0.539 e. The summed E-state index contributed by atoms with van der Waals surface area (Å²) < 4.78 is 44.5. The fourth-order valence-electron chi connectivity index (χ4n) is 0.369. The second-order valence-corrected chi connectivity index (χ2v) is 3.81. The molecule has 8 heteroatoms. The molecule has 0 atom stereocenters. The Morgan fingerprint density at radius 2 is 1.90 bits per heavy atom. The molecule has 1 rings (SSSR count). The Morgan fingerprint density at radius 1 is 1.40 bits per heavy atom. The van der Waals surface area contributed by atoms with E-state index in [2.05, 4.69) is 12.5 Å². The van der Waals surface area contributed by atoms with Crippen molar-refractivity contribution >= 4 is 19.2 Å². The van der Waals surface area contributed by atoms with Gasteiger partial charge in [0.25, 0.3) is 0 Å². The Bertz CT molecular complexity index is 195. The average molecular weight is 191 g/mol. The zero-order chi connectivity index (χ0) is 7.61. The van der Waals surface area contributed by atoms with Crippen molar-refractivity contribution in [3.05, 3.63) is 0 Å². The maximum atomic E-state index is 11.6. The highest BCUT2D eigenvalue weighted by atomic mass is 32.2. The largest absolute Gasteiger partial charge is 0.539 e. The molecule has 0 aliphatic carbocycles. The van der Waals surface area contributed by atoms with E-state index >= 15 is 0 Å². The normalized spacial score (nSPS) is 21.4. The van der Waals surface area contributed by atoms with Gasteiger partial charge in [-0.3, -0.25) is 8.37 Å². The first-order chi connectivity index (χ1) is 4.58. The van der Waals surface area contributed by atoms with Crippen molar-refractivity contribution in [2.75, 3.05) is 13.2 Å². The number of rotatable bonds is 1. The lowest BCUT2D eigenvalue weighted by Crippen LogP contribution is -1.83. The molecule has 1 aliphatic rings. The minimum absolute atomic E-state index is 0.229. The molecule has 0 aromatic carbocycles. The van der Waals surface area contributed by atoms with Crippen LogP contribution in [0.25, 0.3) is 0 Å². The summed E-state index contributed by atoms with van der Waals surface area (Å²) in [6.45, 7) is 0.458. The molecule has 0 bridgehead atoms. The molecule has 10 heavy (non-hydrogen) atoms. The van der Waals surface area contributed by atoms with Gasteiger partial charge in [-0.1, -0.05) is 4.13 Å². The van der Waals surface area contributed by atoms with Gasteiger partial charge >= 0.3 is 7.91 Å². The fraction of sp³-hybridized carbons (Fsp3) is 1.00. The molecule has 0 unspecified atom stereocenters. The highest BCUT2D eigenvalue weighted by Crippen LogP contribution is 2.51. The first-order valence-electron chi connectivity index (χ1n) is 2.31. The minimum atomic E-state index is -5.33. The smallest absolute Gasteiger partial charge is 0.282 e. The summed E-state index contributed by atoms with van der Waals surface area (Å²) in [4.78, 5) is 0. The molecule has 0 amide bonds. The van der Waals surface area contributed by atoms with Gasteiger partial charge in [0.05, 0.1) is 13.2 Å². The predicted octanol–water partition coefficient (Wildman–Crippen LogP) is 1.71. The van der Waals surface area contributed by atoms with Gasteiger partial charge in [0.2, 0.25) is 0 Å². The molecule has 1 saturated heterocycles. The molecule has 4 nitrogen and oxygen atoms in total. The van der Waals surface area contributed by atoms with E-state index in [-0.39, 0.29) is 13.2 Å². The molecule has 0 spiro atoms. The lowest BCUT2D eigenvalue weighted by molar-refractivity contribution is 0.365. The quantitative estimate of drug-likeness (QED) is 0.592. The van der Waals surface area contributed by atoms with E-state index in [4.69, 9.17) is 0 Å². The third-order valence-electron chi connectivity index (χ3n) is 0.613. The van der Waals surface area contributed by atoms with Crippen molar-refractivity contribution in [1.29, 1.82) is 0 Å². The number of nitrogens with zero attached hydrogens (tertiary/aromatic N) is 1. The van der Waals surface area contributed by atoms with Crippen LogP contribution < -0.4 is 0 Å². The predicted molar refractivity (Wildman–Crippen MR) is 31.5 cm³/mol. The number of hydrogen-bond donors (Lipinski definition) is 0. The molecular weight excluding hydrogens is 187 g/mol. The zero-order valence-electron chi connectivity index (χ0n) is 4.70. The third kappa shape index (κ3) is 2.83. The van der Waals surface area contributed by atoms with Crippen LogP contribution in [0.15, 0.2) is 4.13 Å². The second-order valence-electron chi connectivity index (χ2n) is 1.38. The van der Waals surface area contributed by atoms with Crippen molar-refractivity contribution in [3.63, 3.8) is 0 Å². The molecule has 1 aliphatic heterocycles. The fourth-order valence-corrected chi connectivity index (χ4v) is 1.86. The van der Waals surface area contributed by atoms with Gasteiger partial charge in [-0.05, 0) is 0 Å². The summed E-state index contributed by atoms with van der Waals surface area (Å²) in [6.07, 6.45) is 0. The van der Waals surface area contributed by atoms with Crippen LogP contribution in [-0.2, 0) is 24.2 Å². The highest BCUT2D eigenvalue weighted by molar-refractivity contribution is 7.82. The summed E-state index contributed by atoms with van der Waals surface area (Å²) >= 11 is -1.58. The Hall–Kier alpha value is 0.160. The second kappa shape index (κ2) is 3.04. The van der Waals surface area contributed by atoms with Crippen LogP contribution in [0, 0.1) is 0 Å². The molecule has 1 fully saturated rings. The Morgan fingerprint density at radius 3 is 2.30 bits per heavy atom. The molecule has 0 aromatic rings. The van der Waals surface area contributed by atoms with E-state index in [0.717, 1.165) is 0 Å². The molecular formula is C2H4F2NO3PS. The van der Waals surface area contributed by atoms with Crippen LogP contribution in [0.4, 0.5) is 8.39 Å². The van der Waals surface area contributed by atoms with Gasteiger partial charge in [-0.25, -0.2) is 4.57 Å². The summed E-state index contributed by atoms with van der Waals surface area (Å²) in [5.74, 6) is 0. The highest BCUT2D eigenvalue weighted by Gasteiger charge is 2.21. The van der Waals surface area contributed by atoms with Gasteiger partial charge in [-0.15, -0.1) is 8.39 Å². The first kappa shape index (κ1) is 8.26. The van der Waals surface area contributed by atoms with Crippen LogP contribution in [-0.4, -0.2) is 13.2 Å². The summed E-state index contributed by atoms with van der Waals surface area (Å²) in [7, 11) is -5.33. The van der Waals surface area contributed by atoms with Gasteiger partial charge in [0, 0.05) is 0 Å². The van der Waals surface area contributed by atoms with Crippen molar-refractivity contribution in [2.45, 2.75) is 0 Å². The lowest BCUT2D eigenvalue weighted by atomic mass is 10.8. The number of halogens is 2. The van der Waals surface area contributed by atoms with Crippen LogP contribution in [0.2, 0.25) is 0 Å². The van der Waals surface area contributed by atoms with Crippen LogP contribution in [0.1, 0.15) is 0 Å². The molecule has 60 valence electrons. The van der Waals surface area contributed by atoms with Crippen molar-refractivity contribution in [1.82, 2.24) is 0 Å². The zero-order valence-corrected chi connectivity index (χ0v) is 6.41. The summed E-state index contributed by atoms with van der Waals surface area (Å²) in [6, 6.07) is 0. The van der Waals surface area contributed by atoms with Crippen LogP contribution in [0.5, 0.6) is 0 Å². The topological polar surface area (TPSA) is 47.9 Å². The van der Waals surface area contributed by atoms with Crippen molar-refractivity contribution in [3.8, 4) is 0 Å². The van der Waals surface area contributed by atoms with E-state index in [1.807, 2.05) is 0 Å². The molecule has 1 heterocycles. The average Bonchev–Trinajstić information content (AvgIpc) is 2.12. The van der Waals surface area contributed by atoms with Gasteiger partial charge in [0.15, 0.2) is 11.3 Å². The van der Waals surface area contributed by atoms with Crippen molar-refractivity contribution in [2.24, 2.45) is 4.13 Å². The molecule has 0 radical (unpaired) electrons. The monoisotopic (exact) mass is 191 g/mol. The van der Waals surface area contributed by atoms with E-state index < -0.39 is 19.2 Å². The molecule has 0 saturated carbocycles. The Kier molecular flexibility index (Phi) is 2.51. The van der Waals surface area contributed by atoms with Crippen LogP contribution in [0.3, 0.4) is 0 Å². The minimum Gasteiger partial charge on any atom is -0.282 e. The maximum absolute atomic E-state index is 11.6. The number of hydrogen-bond acceptors (Lipinski definition) is 3. The van der Waals surface area contributed by atoms with Gasteiger partial charge in [0.1, 0.15) is 0 Å². The third-order valence-corrected chi connectivity index (χ3v) is 2.64. The van der Waals surface area contributed by atoms with E-state index in [1.165, 1.54) is 0 Å². The SMILES string of the molecule is O=P(F)(F)N=S1OCCO1. The molecule has 0 aromatic heterocycles.